The molecule has 5 rings (SSSR count). The number of esters is 1. The standard InChI is InChI=1S/C23H29NO3/c25-21(15-23-12-18-9-19(13-23)11-20(10-18)14-23)24-16-22(26)27-8-4-7-17-5-2-1-3-6-17/h1-7,18-20H,8-16H2,(H,24,25)/b7-4+. The fraction of sp³-hybridized carbons (Fsp3) is 0.565. The third-order valence-electron chi connectivity index (χ3n) is 6.58. The Kier molecular flexibility index (Phi) is 5.33. The molecule has 1 N–H and O–H groups in total. The van der Waals surface area contributed by atoms with Crippen LogP contribution in [0.25, 0.3) is 6.08 Å². The van der Waals surface area contributed by atoms with Gasteiger partial charge >= 0.3 is 5.97 Å². The van der Waals surface area contributed by atoms with Gasteiger partial charge in [0.25, 0.3) is 0 Å². The summed E-state index contributed by atoms with van der Waals surface area (Å²) in [5, 5.41) is 2.78. The van der Waals surface area contributed by atoms with Gasteiger partial charge in [-0.25, -0.2) is 0 Å². The molecule has 0 radical (unpaired) electrons. The molecule has 0 heterocycles. The van der Waals surface area contributed by atoms with E-state index in [2.05, 4.69) is 5.32 Å². The van der Waals surface area contributed by atoms with Gasteiger partial charge in [0.2, 0.25) is 5.91 Å². The number of carbonyl (C=O) groups is 2. The van der Waals surface area contributed by atoms with Crippen molar-refractivity contribution in [3.63, 3.8) is 0 Å². The summed E-state index contributed by atoms with van der Waals surface area (Å²) in [7, 11) is 0. The second kappa shape index (κ2) is 7.87. The van der Waals surface area contributed by atoms with Crippen LogP contribution in [0.4, 0.5) is 0 Å². The van der Waals surface area contributed by atoms with Gasteiger partial charge < -0.3 is 10.1 Å². The first-order valence-corrected chi connectivity index (χ1v) is 10.2. The van der Waals surface area contributed by atoms with Crippen molar-refractivity contribution in [1.29, 1.82) is 0 Å². The lowest BCUT2D eigenvalue weighted by Crippen LogP contribution is -2.48. The van der Waals surface area contributed by atoms with E-state index in [-0.39, 0.29) is 30.4 Å². The van der Waals surface area contributed by atoms with Crippen LogP contribution in [0.15, 0.2) is 36.4 Å². The zero-order valence-electron chi connectivity index (χ0n) is 15.9. The van der Waals surface area contributed by atoms with Crippen LogP contribution in [-0.2, 0) is 14.3 Å². The summed E-state index contributed by atoms with van der Waals surface area (Å²) in [5.74, 6) is 2.14. The number of nitrogens with one attached hydrogen (secondary N) is 1. The molecule has 0 atom stereocenters. The first kappa shape index (κ1) is 18.3. The average molecular weight is 367 g/mol. The van der Waals surface area contributed by atoms with Crippen LogP contribution in [0.1, 0.15) is 50.5 Å². The molecular weight excluding hydrogens is 338 g/mol. The lowest BCUT2D eigenvalue weighted by molar-refractivity contribution is -0.143. The van der Waals surface area contributed by atoms with Gasteiger partial charge in [0, 0.05) is 6.42 Å². The maximum Gasteiger partial charge on any atom is 0.325 e. The van der Waals surface area contributed by atoms with Crippen LogP contribution in [0.2, 0.25) is 0 Å². The number of benzene rings is 1. The fourth-order valence-corrected chi connectivity index (χ4v) is 6.02. The van der Waals surface area contributed by atoms with Crippen molar-refractivity contribution in [3.8, 4) is 0 Å². The third-order valence-corrected chi connectivity index (χ3v) is 6.58. The van der Waals surface area contributed by atoms with Crippen LogP contribution in [0, 0.1) is 23.2 Å². The summed E-state index contributed by atoms with van der Waals surface area (Å²) in [6.07, 6.45) is 12.1. The van der Waals surface area contributed by atoms with Crippen LogP contribution < -0.4 is 5.32 Å². The predicted molar refractivity (Wildman–Crippen MR) is 105 cm³/mol. The SMILES string of the molecule is O=C(CC12CC3CC(CC(C3)C1)C2)NCC(=O)OC/C=C/c1ccccc1. The van der Waals surface area contributed by atoms with Crippen molar-refractivity contribution < 1.29 is 14.3 Å². The summed E-state index contributed by atoms with van der Waals surface area (Å²) in [6.45, 7) is 0.183. The lowest BCUT2D eigenvalue weighted by Gasteiger charge is -2.56. The van der Waals surface area contributed by atoms with Crippen molar-refractivity contribution in [2.24, 2.45) is 23.2 Å². The van der Waals surface area contributed by atoms with Gasteiger partial charge in [-0.15, -0.1) is 0 Å². The molecule has 0 unspecified atom stereocenters. The Hall–Kier alpha value is -2.10. The quantitative estimate of drug-likeness (QED) is 0.742. The third kappa shape index (κ3) is 4.60. The maximum atomic E-state index is 12.4. The van der Waals surface area contributed by atoms with Gasteiger partial charge in [-0.3, -0.25) is 9.59 Å². The fourth-order valence-electron chi connectivity index (χ4n) is 6.02. The van der Waals surface area contributed by atoms with Crippen molar-refractivity contribution in [1.82, 2.24) is 5.32 Å². The first-order chi connectivity index (χ1) is 13.1. The van der Waals surface area contributed by atoms with Crippen LogP contribution in [-0.4, -0.2) is 25.0 Å². The molecule has 0 aliphatic heterocycles. The van der Waals surface area contributed by atoms with Gasteiger partial charge in [-0.2, -0.15) is 0 Å². The highest BCUT2D eigenvalue weighted by Crippen LogP contribution is 2.61. The largest absolute Gasteiger partial charge is 0.460 e. The van der Waals surface area contributed by atoms with Gasteiger partial charge in [0.05, 0.1) is 0 Å². The van der Waals surface area contributed by atoms with Crippen molar-refractivity contribution in [2.45, 2.75) is 44.9 Å². The van der Waals surface area contributed by atoms with Crippen molar-refractivity contribution >= 4 is 18.0 Å². The summed E-state index contributed by atoms with van der Waals surface area (Å²) in [5.41, 5.74) is 1.28. The number of carbonyl (C=O) groups excluding carboxylic acids is 2. The summed E-state index contributed by atoms with van der Waals surface area (Å²) in [4.78, 5) is 24.3. The van der Waals surface area contributed by atoms with E-state index in [1.165, 1.54) is 38.5 Å². The zero-order valence-corrected chi connectivity index (χ0v) is 15.9. The number of rotatable bonds is 7. The maximum absolute atomic E-state index is 12.4. The molecule has 4 bridgehead atoms. The van der Waals surface area contributed by atoms with E-state index >= 15 is 0 Å². The van der Waals surface area contributed by atoms with Crippen molar-refractivity contribution in [3.05, 3.63) is 42.0 Å². The zero-order chi connectivity index (χ0) is 18.7. The molecule has 0 spiro atoms. The highest BCUT2D eigenvalue weighted by molar-refractivity contribution is 5.82. The smallest absolute Gasteiger partial charge is 0.325 e. The molecule has 4 heteroatoms. The predicted octanol–water partition coefficient (Wildman–Crippen LogP) is 3.97. The molecule has 4 saturated carbocycles. The topological polar surface area (TPSA) is 55.4 Å². The van der Waals surface area contributed by atoms with E-state index < -0.39 is 0 Å². The molecule has 4 aliphatic carbocycles. The molecule has 144 valence electrons. The number of hydrogen-bond acceptors (Lipinski definition) is 3. The van der Waals surface area contributed by atoms with Crippen LogP contribution in [0.3, 0.4) is 0 Å². The molecule has 4 fully saturated rings. The van der Waals surface area contributed by atoms with E-state index in [4.69, 9.17) is 4.74 Å². The Morgan fingerprint density at radius 1 is 1.04 bits per heavy atom. The minimum absolute atomic E-state index is 0.00808. The van der Waals surface area contributed by atoms with Gasteiger partial charge in [-0.05, 0) is 73.3 Å². The monoisotopic (exact) mass is 367 g/mol. The molecule has 4 nitrogen and oxygen atoms in total. The Labute approximate surface area is 161 Å². The Bertz CT molecular complexity index is 674. The number of hydrogen-bond donors (Lipinski definition) is 1. The second-order valence-corrected chi connectivity index (χ2v) is 8.87. The average Bonchev–Trinajstić information content (AvgIpc) is 2.63. The Morgan fingerprint density at radius 2 is 1.67 bits per heavy atom. The molecule has 0 saturated heterocycles. The van der Waals surface area contributed by atoms with Crippen LogP contribution in [0.5, 0.6) is 0 Å². The highest BCUT2D eigenvalue weighted by Gasteiger charge is 2.51. The van der Waals surface area contributed by atoms with Gasteiger partial charge in [-0.1, -0.05) is 36.4 Å². The summed E-state index contributed by atoms with van der Waals surface area (Å²) >= 11 is 0. The summed E-state index contributed by atoms with van der Waals surface area (Å²) < 4.78 is 5.17. The molecule has 1 aromatic rings. The lowest BCUT2D eigenvalue weighted by atomic mass is 9.49. The van der Waals surface area contributed by atoms with Crippen molar-refractivity contribution in [2.75, 3.05) is 13.2 Å². The van der Waals surface area contributed by atoms with E-state index in [0.29, 0.717) is 6.42 Å². The molecule has 1 amide bonds. The van der Waals surface area contributed by atoms with Crippen LogP contribution >= 0.6 is 0 Å². The van der Waals surface area contributed by atoms with E-state index in [1.807, 2.05) is 42.5 Å². The van der Waals surface area contributed by atoms with E-state index in [1.54, 1.807) is 0 Å². The minimum atomic E-state index is -0.383. The number of amides is 1. The highest BCUT2D eigenvalue weighted by atomic mass is 16.5. The van der Waals surface area contributed by atoms with E-state index in [9.17, 15) is 9.59 Å². The Morgan fingerprint density at radius 3 is 2.30 bits per heavy atom. The first-order valence-electron chi connectivity index (χ1n) is 10.2. The number of ether oxygens (including phenoxy) is 1. The molecule has 27 heavy (non-hydrogen) atoms. The van der Waals surface area contributed by atoms with Gasteiger partial charge in [0.1, 0.15) is 13.2 Å². The molecular formula is C23H29NO3. The minimum Gasteiger partial charge on any atom is -0.460 e. The normalized spacial score (nSPS) is 31.2. The second-order valence-electron chi connectivity index (χ2n) is 8.87. The van der Waals surface area contributed by atoms with Gasteiger partial charge in [0.15, 0.2) is 0 Å². The molecule has 1 aromatic carbocycles. The van der Waals surface area contributed by atoms with E-state index in [0.717, 1.165) is 23.3 Å². The molecule has 0 aromatic heterocycles. The summed E-state index contributed by atoms with van der Waals surface area (Å²) in [6, 6.07) is 9.87. The Balaban J connectivity index is 1.17. The molecule has 4 aliphatic rings.